The van der Waals surface area contributed by atoms with Crippen LogP contribution >= 0.6 is 0 Å². The smallest absolute Gasteiger partial charge is 0.256 e. The van der Waals surface area contributed by atoms with Gasteiger partial charge in [0.2, 0.25) is 0 Å². The molecule has 1 aliphatic heterocycles. The van der Waals surface area contributed by atoms with Crippen molar-refractivity contribution in [2.75, 3.05) is 11.9 Å². The first kappa shape index (κ1) is 22.8. The Morgan fingerprint density at radius 1 is 1.00 bits per heavy atom. The number of benzene rings is 3. The van der Waals surface area contributed by atoms with E-state index in [2.05, 4.69) is 9.88 Å². The molecule has 0 radical (unpaired) electrons. The van der Waals surface area contributed by atoms with Crippen molar-refractivity contribution in [2.24, 2.45) is 0 Å². The molecule has 35 heavy (non-hydrogen) atoms. The van der Waals surface area contributed by atoms with Gasteiger partial charge in [-0.25, -0.2) is 9.37 Å². The van der Waals surface area contributed by atoms with Crippen molar-refractivity contribution in [2.45, 2.75) is 33.0 Å². The number of carbonyl (C=O) groups excluding carboxylic acids is 1. The van der Waals surface area contributed by atoms with Gasteiger partial charge in [0.05, 0.1) is 6.54 Å². The Morgan fingerprint density at radius 2 is 1.74 bits per heavy atom. The van der Waals surface area contributed by atoms with Crippen molar-refractivity contribution in [3.63, 3.8) is 0 Å². The van der Waals surface area contributed by atoms with Crippen LogP contribution < -0.4 is 5.32 Å². The van der Waals surface area contributed by atoms with Crippen LogP contribution in [0.2, 0.25) is 0 Å². The lowest BCUT2D eigenvalue weighted by Crippen LogP contribution is -2.41. The zero-order chi connectivity index (χ0) is 24.5. The molecule has 2 N–H and O–H groups in total. The number of nitrogens with one attached hydrogen (secondary N) is 1. The van der Waals surface area contributed by atoms with Crippen LogP contribution in [0.1, 0.15) is 28.6 Å². The fourth-order valence-electron chi connectivity index (χ4n) is 4.38. The number of nitrogens with zero attached hydrogens (tertiary/aromatic N) is 3. The highest BCUT2D eigenvalue weighted by atomic mass is 19.1. The fourth-order valence-corrected chi connectivity index (χ4v) is 4.38. The summed E-state index contributed by atoms with van der Waals surface area (Å²) < 4.78 is 15.6. The number of hydrogen-bond donors (Lipinski definition) is 2. The van der Waals surface area contributed by atoms with E-state index < -0.39 is 6.10 Å². The Balaban J connectivity index is 1.47. The molecular weight excluding hydrogens is 443 g/mol. The molecule has 0 aliphatic carbocycles. The minimum Gasteiger partial charge on any atom is -0.378 e. The number of amides is 1. The maximum absolute atomic E-state index is 13.6. The van der Waals surface area contributed by atoms with E-state index in [9.17, 15) is 14.3 Å². The third kappa shape index (κ3) is 4.68. The van der Waals surface area contributed by atoms with Gasteiger partial charge >= 0.3 is 0 Å². The van der Waals surface area contributed by atoms with E-state index in [1.807, 2.05) is 56.3 Å². The number of carbonyl (C=O) groups is 1. The van der Waals surface area contributed by atoms with Gasteiger partial charge < -0.3 is 19.9 Å². The predicted octanol–water partition coefficient (Wildman–Crippen LogP) is 5.13. The first-order valence-corrected chi connectivity index (χ1v) is 11.6. The van der Waals surface area contributed by atoms with Crippen LogP contribution in [0.15, 0.2) is 72.8 Å². The maximum Gasteiger partial charge on any atom is 0.256 e. The Bertz CT molecular complexity index is 1360. The molecule has 0 spiro atoms. The number of anilines is 2. The van der Waals surface area contributed by atoms with Crippen LogP contribution in [0.5, 0.6) is 0 Å². The minimum atomic E-state index is -1.22. The van der Waals surface area contributed by atoms with Crippen molar-refractivity contribution in [1.82, 2.24) is 14.5 Å². The third-order valence-electron chi connectivity index (χ3n) is 6.31. The molecule has 1 atom stereocenters. The molecule has 0 saturated carbocycles. The highest BCUT2D eigenvalue weighted by Crippen LogP contribution is 2.34. The second-order valence-corrected chi connectivity index (χ2v) is 8.95. The van der Waals surface area contributed by atoms with Crippen LogP contribution in [0.25, 0.3) is 11.3 Å². The highest BCUT2D eigenvalue weighted by Gasteiger charge is 2.30. The molecule has 178 valence electrons. The molecule has 0 fully saturated rings. The molecule has 3 aromatic carbocycles. The molecule has 1 aromatic heterocycles. The number of aliphatic hydroxyl groups is 1. The largest absolute Gasteiger partial charge is 0.378 e. The van der Waals surface area contributed by atoms with Gasteiger partial charge in [0, 0.05) is 24.3 Å². The number of aromatic nitrogens is 2. The van der Waals surface area contributed by atoms with Gasteiger partial charge in [-0.2, -0.15) is 0 Å². The summed E-state index contributed by atoms with van der Waals surface area (Å²) >= 11 is 0. The molecule has 5 rings (SSSR count). The van der Waals surface area contributed by atoms with E-state index >= 15 is 0 Å². The molecule has 0 bridgehead atoms. The number of hydrogen-bond acceptors (Lipinski definition) is 4. The maximum atomic E-state index is 13.6. The number of aryl methyl sites for hydroxylation is 2. The van der Waals surface area contributed by atoms with Crippen LogP contribution in [-0.4, -0.2) is 32.0 Å². The highest BCUT2D eigenvalue weighted by molar-refractivity contribution is 5.82. The predicted molar refractivity (Wildman–Crippen MR) is 134 cm³/mol. The molecule has 6 nitrogen and oxygen atoms in total. The van der Waals surface area contributed by atoms with Gasteiger partial charge in [-0.05, 0) is 55.8 Å². The second-order valence-electron chi connectivity index (χ2n) is 8.95. The van der Waals surface area contributed by atoms with E-state index in [1.54, 1.807) is 23.1 Å². The van der Waals surface area contributed by atoms with Crippen molar-refractivity contribution in [3.8, 4) is 11.3 Å². The van der Waals surface area contributed by atoms with E-state index in [4.69, 9.17) is 4.98 Å². The topological polar surface area (TPSA) is 70.4 Å². The third-order valence-corrected chi connectivity index (χ3v) is 6.31. The van der Waals surface area contributed by atoms with E-state index in [1.165, 1.54) is 12.1 Å². The summed E-state index contributed by atoms with van der Waals surface area (Å²) in [7, 11) is 0. The summed E-state index contributed by atoms with van der Waals surface area (Å²) in [6.07, 6.45) is -1.22. The van der Waals surface area contributed by atoms with Gasteiger partial charge in [-0.1, -0.05) is 47.5 Å². The summed E-state index contributed by atoms with van der Waals surface area (Å²) in [5, 5.41) is 14.2. The lowest BCUT2D eigenvalue weighted by molar-refractivity contribution is -0.142. The van der Waals surface area contributed by atoms with Gasteiger partial charge in [0.1, 0.15) is 23.2 Å². The Morgan fingerprint density at radius 3 is 2.46 bits per heavy atom. The molecule has 4 aromatic rings. The first-order valence-electron chi connectivity index (χ1n) is 11.6. The molecule has 1 aliphatic rings. The number of imidazole rings is 1. The zero-order valence-electron chi connectivity index (χ0n) is 19.7. The van der Waals surface area contributed by atoms with Crippen molar-refractivity contribution in [1.29, 1.82) is 0 Å². The minimum absolute atomic E-state index is 0.269. The number of aliphatic hydroxyl groups excluding tert-OH is 1. The lowest BCUT2D eigenvalue weighted by Gasteiger charge is -2.30. The number of halogens is 1. The van der Waals surface area contributed by atoms with Crippen molar-refractivity contribution < 1.29 is 14.3 Å². The van der Waals surface area contributed by atoms with E-state index in [0.717, 1.165) is 28.2 Å². The summed E-state index contributed by atoms with van der Waals surface area (Å²) in [6, 6.07) is 21.6. The Hall–Kier alpha value is -3.97. The van der Waals surface area contributed by atoms with Gasteiger partial charge in [-0.15, -0.1) is 0 Å². The van der Waals surface area contributed by atoms with Gasteiger partial charge in [0.25, 0.3) is 5.91 Å². The SMILES string of the molecule is Cc1ccc(Nc2c(-c3ccc(F)cc3)nc3n2CCN(C(=O)C(O)c2cccc(C)c2)C3)cc1. The molecule has 2 heterocycles. The van der Waals surface area contributed by atoms with Crippen LogP contribution in [0.3, 0.4) is 0 Å². The summed E-state index contributed by atoms with van der Waals surface area (Å²) in [5.74, 6) is 0.839. The lowest BCUT2D eigenvalue weighted by atomic mass is 10.1. The van der Waals surface area contributed by atoms with Crippen molar-refractivity contribution in [3.05, 3.63) is 101 Å². The Labute approximate surface area is 203 Å². The summed E-state index contributed by atoms with van der Waals surface area (Å²) in [6.45, 7) is 5.19. The summed E-state index contributed by atoms with van der Waals surface area (Å²) in [4.78, 5) is 19.6. The number of rotatable bonds is 5. The molecule has 0 saturated heterocycles. The van der Waals surface area contributed by atoms with Gasteiger partial charge in [-0.3, -0.25) is 4.79 Å². The van der Waals surface area contributed by atoms with Crippen LogP contribution in [0.4, 0.5) is 15.9 Å². The molecule has 7 heteroatoms. The first-order chi connectivity index (χ1) is 16.9. The van der Waals surface area contributed by atoms with E-state index in [0.29, 0.717) is 30.2 Å². The quantitative estimate of drug-likeness (QED) is 0.425. The monoisotopic (exact) mass is 470 g/mol. The zero-order valence-corrected chi connectivity index (χ0v) is 19.7. The number of fused-ring (bicyclic) bond motifs is 1. The van der Waals surface area contributed by atoms with Crippen molar-refractivity contribution >= 4 is 17.4 Å². The average molecular weight is 471 g/mol. The average Bonchev–Trinajstić information content (AvgIpc) is 3.22. The fraction of sp³-hybridized carbons (Fsp3) is 0.214. The molecule has 1 amide bonds. The Kier molecular flexibility index (Phi) is 6.09. The van der Waals surface area contributed by atoms with E-state index in [-0.39, 0.29) is 18.3 Å². The molecular formula is C28H27FN4O2. The normalized spacial score (nSPS) is 13.9. The van der Waals surface area contributed by atoms with Crippen LogP contribution in [-0.2, 0) is 17.9 Å². The summed E-state index contributed by atoms with van der Waals surface area (Å²) in [5.41, 5.74) is 5.10. The second kappa shape index (κ2) is 9.35. The standard InChI is InChI=1S/C28H27FN4O2/c1-18-6-12-23(13-7-18)30-27-25(20-8-10-22(29)11-9-20)31-24-17-32(14-15-33(24)27)28(35)26(34)21-5-3-4-19(2)16-21/h3-13,16,26,30,34H,14-15,17H2,1-2H3. The molecule has 1 unspecified atom stereocenters. The van der Waals surface area contributed by atoms with Gasteiger partial charge in [0.15, 0.2) is 6.10 Å². The van der Waals surface area contributed by atoms with Crippen LogP contribution in [0, 0.1) is 19.7 Å².